The maximum atomic E-state index is 11.9. The number of carbonyl (C=O) groups is 1. The van der Waals surface area contributed by atoms with Crippen molar-refractivity contribution >= 4 is 39.1 Å². The maximum absolute atomic E-state index is 11.9. The van der Waals surface area contributed by atoms with Crippen LogP contribution in [0.2, 0.25) is 0 Å². The topological polar surface area (TPSA) is 73.3 Å². The predicted molar refractivity (Wildman–Crippen MR) is 75.1 cm³/mol. The van der Waals surface area contributed by atoms with Crippen molar-refractivity contribution in [3.63, 3.8) is 0 Å². The number of hydrogen-bond acceptors (Lipinski definition) is 6. The summed E-state index contributed by atoms with van der Waals surface area (Å²) in [5.41, 5.74) is 0. The van der Waals surface area contributed by atoms with Crippen LogP contribution in [0.15, 0.2) is 22.0 Å². The molecule has 1 amide bonds. The first-order chi connectivity index (χ1) is 9.12. The molecule has 0 spiro atoms. The molecule has 0 bridgehead atoms. The largest absolute Gasteiger partial charge is 0.481 e. The Morgan fingerprint density at radius 3 is 2.37 bits per heavy atom. The second-order valence-corrected chi connectivity index (χ2v) is 5.80. The van der Waals surface area contributed by atoms with Crippen LogP contribution in [0, 0.1) is 0 Å². The summed E-state index contributed by atoms with van der Waals surface area (Å²) in [6, 6.07) is 5.03. The van der Waals surface area contributed by atoms with Gasteiger partial charge in [-0.15, -0.1) is 11.3 Å². The Morgan fingerprint density at radius 2 is 1.89 bits per heavy atom. The zero-order valence-electron chi connectivity index (χ0n) is 10.1. The molecule has 0 aromatic carbocycles. The number of ether oxygens (including phenoxy) is 2. The second kappa shape index (κ2) is 5.98. The first-order valence-electron chi connectivity index (χ1n) is 5.16. The zero-order chi connectivity index (χ0) is 13.8. The fourth-order valence-electron chi connectivity index (χ4n) is 1.27. The van der Waals surface area contributed by atoms with E-state index in [-0.39, 0.29) is 11.9 Å². The molecule has 0 saturated carbocycles. The van der Waals surface area contributed by atoms with E-state index in [0.717, 1.165) is 3.79 Å². The van der Waals surface area contributed by atoms with Gasteiger partial charge in [0.05, 0.1) is 28.9 Å². The summed E-state index contributed by atoms with van der Waals surface area (Å²) in [5, 5.41) is 2.59. The number of methoxy groups -OCH3 is 2. The quantitative estimate of drug-likeness (QED) is 0.923. The number of anilines is 1. The van der Waals surface area contributed by atoms with Crippen LogP contribution in [0.3, 0.4) is 0 Å². The smallest absolute Gasteiger partial charge is 0.268 e. The number of amides is 1. The Bertz CT molecular complexity index is 580. The van der Waals surface area contributed by atoms with E-state index in [1.54, 1.807) is 12.1 Å². The first-order valence-corrected chi connectivity index (χ1v) is 6.77. The molecule has 0 fully saturated rings. The third-order valence-electron chi connectivity index (χ3n) is 2.12. The lowest BCUT2D eigenvalue weighted by Gasteiger charge is -2.06. The van der Waals surface area contributed by atoms with Crippen LogP contribution in [0.4, 0.5) is 5.95 Å². The van der Waals surface area contributed by atoms with Crippen molar-refractivity contribution in [1.82, 2.24) is 9.97 Å². The number of halogens is 1. The monoisotopic (exact) mass is 343 g/mol. The first kappa shape index (κ1) is 13.8. The van der Waals surface area contributed by atoms with Gasteiger partial charge >= 0.3 is 0 Å². The highest BCUT2D eigenvalue weighted by Crippen LogP contribution is 2.23. The lowest BCUT2D eigenvalue weighted by Crippen LogP contribution is -2.13. The Kier molecular flexibility index (Phi) is 4.33. The van der Waals surface area contributed by atoms with Gasteiger partial charge in [-0.3, -0.25) is 10.1 Å². The van der Waals surface area contributed by atoms with Crippen molar-refractivity contribution < 1.29 is 14.3 Å². The summed E-state index contributed by atoms with van der Waals surface area (Å²) in [6.07, 6.45) is 0. The number of hydrogen-bond donors (Lipinski definition) is 1. The van der Waals surface area contributed by atoms with Crippen LogP contribution >= 0.6 is 27.3 Å². The number of nitrogens with one attached hydrogen (secondary N) is 1. The average molecular weight is 344 g/mol. The van der Waals surface area contributed by atoms with E-state index >= 15 is 0 Å². The van der Waals surface area contributed by atoms with Crippen molar-refractivity contribution in [2.24, 2.45) is 0 Å². The van der Waals surface area contributed by atoms with Crippen LogP contribution in [0.25, 0.3) is 0 Å². The van der Waals surface area contributed by atoms with E-state index in [9.17, 15) is 4.79 Å². The molecule has 1 N–H and O–H groups in total. The van der Waals surface area contributed by atoms with Crippen LogP contribution < -0.4 is 14.8 Å². The van der Waals surface area contributed by atoms with E-state index in [4.69, 9.17) is 9.47 Å². The third kappa shape index (κ3) is 3.42. The van der Waals surface area contributed by atoms with Gasteiger partial charge in [0, 0.05) is 0 Å². The highest BCUT2D eigenvalue weighted by Gasteiger charge is 2.12. The molecule has 19 heavy (non-hydrogen) atoms. The van der Waals surface area contributed by atoms with Gasteiger partial charge in [0.1, 0.15) is 0 Å². The summed E-state index contributed by atoms with van der Waals surface area (Å²) in [7, 11) is 2.95. The summed E-state index contributed by atoms with van der Waals surface area (Å²) >= 11 is 4.62. The van der Waals surface area contributed by atoms with Gasteiger partial charge in [0.25, 0.3) is 5.91 Å². The van der Waals surface area contributed by atoms with Gasteiger partial charge in [0.2, 0.25) is 17.7 Å². The van der Waals surface area contributed by atoms with E-state index < -0.39 is 0 Å². The number of rotatable bonds is 4. The zero-order valence-corrected chi connectivity index (χ0v) is 12.5. The molecule has 0 atom stereocenters. The predicted octanol–water partition coefficient (Wildman–Crippen LogP) is 2.57. The van der Waals surface area contributed by atoms with Crippen LogP contribution in [0.5, 0.6) is 11.8 Å². The van der Waals surface area contributed by atoms with Crippen molar-refractivity contribution in [2.45, 2.75) is 0 Å². The number of aromatic nitrogens is 2. The van der Waals surface area contributed by atoms with Crippen molar-refractivity contribution in [3.05, 3.63) is 26.9 Å². The van der Waals surface area contributed by atoms with Crippen LogP contribution in [0.1, 0.15) is 9.67 Å². The van der Waals surface area contributed by atoms with E-state index in [2.05, 4.69) is 31.2 Å². The lowest BCUT2D eigenvalue weighted by atomic mass is 10.4. The Labute approximate surface area is 121 Å². The summed E-state index contributed by atoms with van der Waals surface area (Å²) < 4.78 is 10.9. The van der Waals surface area contributed by atoms with Gasteiger partial charge in [0.15, 0.2) is 0 Å². The molecule has 0 aliphatic heterocycles. The van der Waals surface area contributed by atoms with Crippen molar-refractivity contribution in [3.8, 4) is 11.8 Å². The molecule has 100 valence electrons. The minimum Gasteiger partial charge on any atom is -0.481 e. The Balaban J connectivity index is 2.20. The SMILES string of the molecule is COc1cc(OC)nc(NC(=O)c2ccc(Br)s2)n1. The molecule has 2 rings (SSSR count). The van der Waals surface area contributed by atoms with Gasteiger partial charge in [-0.2, -0.15) is 9.97 Å². The van der Waals surface area contributed by atoms with Crippen LogP contribution in [-0.4, -0.2) is 30.1 Å². The molecular formula is C11H10BrN3O3S. The highest BCUT2D eigenvalue weighted by atomic mass is 79.9. The van der Waals surface area contributed by atoms with E-state index in [0.29, 0.717) is 16.6 Å². The van der Waals surface area contributed by atoms with E-state index in [1.165, 1.54) is 31.6 Å². The lowest BCUT2D eigenvalue weighted by molar-refractivity contribution is 0.102. The second-order valence-electron chi connectivity index (χ2n) is 3.33. The molecule has 0 radical (unpaired) electrons. The molecule has 0 aliphatic rings. The van der Waals surface area contributed by atoms with Gasteiger partial charge in [-0.05, 0) is 28.1 Å². The van der Waals surface area contributed by atoms with Gasteiger partial charge in [-0.1, -0.05) is 0 Å². The molecule has 0 unspecified atom stereocenters. The van der Waals surface area contributed by atoms with Gasteiger partial charge < -0.3 is 9.47 Å². The van der Waals surface area contributed by atoms with Crippen molar-refractivity contribution in [2.75, 3.05) is 19.5 Å². The van der Waals surface area contributed by atoms with Crippen molar-refractivity contribution in [1.29, 1.82) is 0 Å². The third-order valence-corrected chi connectivity index (χ3v) is 3.74. The molecule has 8 heteroatoms. The number of nitrogens with zero attached hydrogens (tertiary/aromatic N) is 2. The summed E-state index contributed by atoms with van der Waals surface area (Å²) in [6.45, 7) is 0. The number of carbonyl (C=O) groups excluding carboxylic acids is 1. The minimum atomic E-state index is -0.286. The van der Waals surface area contributed by atoms with Crippen LogP contribution in [-0.2, 0) is 0 Å². The number of thiophene rings is 1. The molecule has 2 aromatic rings. The Morgan fingerprint density at radius 1 is 1.26 bits per heavy atom. The highest BCUT2D eigenvalue weighted by molar-refractivity contribution is 9.11. The Hall–Kier alpha value is -1.67. The maximum Gasteiger partial charge on any atom is 0.268 e. The summed E-state index contributed by atoms with van der Waals surface area (Å²) in [5.74, 6) is 0.473. The minimum absolute atomic E-state index is 0.130. The molecule has 0 aliphatic carbocycles. The van der Waals surface area contributed by atoms with E-state index in [1.807, 2.05) is 0 Å². The fraction of sp³-hybridized carbons (Fsp3) is 0.182. The molecule has 6 nitrogen and oxygen atoms in total. The van der Waals surface area contributed by atoms with Gasteiger partial charge in [-0.25, -0.2) is 0 Å². The molecule has 2 heterocycles. The normalized spacial score (nSPS) is 10.1. The average Bonchev–Trinajstić information content (AvgIpc) is 2.85. The molecule has 2 aromatic heterocycles. The summed E-state index contributed by atoms with van der Waals surface area (Å²) in [4.78, 5) is 20.5. The fourth-order valence-corrected chi connectivity index (χ4v) is 2.55. The standard InChI is InChI=1S/C11H10BrN3O3S/c1-17-8-5-9(18-2)14-11(13-8)15-10(16)6-3-4-7(12)19-6/h3-5H,1-2H3,(H,13,14,15,16). The molecular weight excluding hydrogens is 334 g/mol. The molecule has 0 saturated heterocycles.